The number of hydrogen-bond donors (Lipinski definition) is 1. The zero-order chi connectivity index (χ0) is 11.5. The van der Waals surface area contributed by atoms with Crippen molar-refractivity contribution in [1.29, 1.82) is 0 Å². The number of aromatic nitrogens is 1. The monoisotopic (exact) mass is 272 g/mol. The van der Waals surface area contributed by atoms with Crippen LogP contribution in [0.1, 0.15) is 10.7 Å². The van der Waals surface area contributed by atoms with E-state index in [9.17, 15) is 0 Å². The minimum atomic E-state index is 0.557. The van der Waals surface area contributed by atoms with Gasteiger partial charge in [0, 0.05) is 16.8 Å². The summed E-state index contributed by atoms with van der Waals surface area (Å²) in [5.74, 6) is 0. The average Bonchev–Trinajstić information content (AvgIpc) is 2.66. The maximum Gasteiger partial charge on any atom is 0.112 e. The van der Waals surface area contributed by atoms with E-state index in [1.165, 1.54) is 0 Å². The van der Waals surface area contributed by atoms with Gasteiger partial charge in [0.15, 0.2) is 0 Å². The molecule has 1 heterocycles. The van der Waals surface area contributed by atoms with Gasteiger partial charge < -0.3 is 5.32 Å². The second-order valence-corrected chi connectivity index (χ2v) is 5.12. The summed E-state index contributed by atoms with van der Waals surface area (Å²) in [6, 6.07) is 5.48. The molecule has 0 spiro atoms. The lowest BCUT2D eigenvalue weighted by Gasteiger charge is -2.05. The Morgan fingerprint density at radius 3 is 2.75 bits per heavy atom. The molecule has 2 aromatic rings. The minimum absolute atomic E-state index is 0.557. The predicted octanol–water partition coefficient (Wildman–Crippen LogP) is 4.37. The van der Waals surface area contributed by atoms with Crippen molar-refractivity contribution < 1.29 is 0 Å². The minimum Gasteiger partial charge on any atom is -0.378 e. The molecule has 16 heavy (non-hydrogen) atoms. The highest BCUT2D eigenvalue weighted by molar-refractivity contribution is 7.09. The number of aryl methyl sites for hydroxylation is 1. The molecule has 0 saturated carbocycles. The zero-order valence-electron chi connectivity index (χ0n) is 8.63. The first-order chi connectivity index (χ1) is 7.65. The van der Waals surface area contributed by atoms with Gasteiger partial charge in [0.2, 0.25) is 0 Å². The van der Waals surface area contributed by atoms with Crippen molar-refractivity contribution in [3.8, 4) is 0 Å². The first-order valence-corrected chi connectivity index (χ1v) is 6.38. The zero-order valence-corrected chi connectivity index (χ0v) is 11.0. The van der Waals surface area contributed by atoms with Crippen molar-refractivity contribution >= 4 is 40.2 Å². The summed E-state index contributed by atoms with van der Waals surface area (Å²) in [6.45, 7) is 2.69. The molecule has 0 radical (unpaired) electrons. The third-order valence-corrected chi connectivity index (χ3v) is 3.74. The summed E-state index contributed by atoms with van der Waals surface area (Å²) in [6.07, 6.45) is 0. The Hall–Kier alpha value is -0.770. The summed E-state index contributed by atoms with van der Waals surface area (Å²) in [7, 11) is 0. The van der Waals surface area contributed by atoms with E-state index in [1.54, 1.807) is 17.4 Å². The topological polar surface area (TPSA) is 24.9 Å². The Kier molecular flexibility index (Phi) is 3.69. The number of anilines is 1. The van der Waals surface area contributed by atoms with E-state index in [4.69, 9.17) is 23.2 Å². The molecule has 0 bridgehead atoms. The molecule has 5 heteroatoms. The third-order valence-electron chi connectivity index (χ3n) is 2.03. The van der Waals surface area contributed by atoms with E-state index in [0.717, 1.165) is 16.4 Å². The van der Waals surface area contributed by atoms with Gasteiger partial charge in [-0.25, -0.2) is 4.98 Å². The van der Waals surface area contributed by atoms with E-state index in [-0.39, 0.29) is 0 Å². The molecule has 0 fully saturated rings. The lowest BCUT2D eigenvalue weighted by molar-refractivity contribution is 1.08. The van der Waals surface area contributed by atoms with E-state index in [2.05, 4.69) is 10.3 Å². The van der Waals surface area contributed by atoms with E-state index >= 15 is 0 Å². The largest absolute Gasteiger partial charge is 0.378 e. The highest BCUT2D eigenvalue weighted by atomic mass is 35.5. The highest BCUT2D eigenvalue weighted by Crippen LogP contribution is 2.25. The molecule has 1 N–H and O–H groups in total. The van der Waals surface area contributed by atoms with Crippen molar-refractivity contribution in [3.63, 3.8) is 0 Å². The number of thiazole rings is 1. The molecular weight excluding hydrogens is 263 g/mol. The molecule has 1 aromatic heterocycles. The Balaban J connectivity index is 2.02. The fraction of sp³-hybridized carbons (Fsp3) is 0.182. The normalized spacial score (nSPS) is 10.4. The molecule has 0 unspecified atom stereocenters. The van der Waals surface area contributed by atoms with Gasteiger partial charge in [-0.1, -0.05) is 23.2 Å². The fourth-order valence-electron chi connectivity index (χ4n) is 1.27. The van der Waals surface area contributed by atoms with Crippen LogP contribution >= 0.6 is 34.5 Å². The van der Waals surface area contributed by atoms with Crippen LogP contribution in [0.5, 0.6) is 0 Å². The summed E-state index contributed by atoms with van der Waals surface area (Å²) in [4.78, 5) is 4.36. The number of nitrogens with one attached hydrogen (secondary N) is 1. The Morgan fingerprint density at radius 1 is 1.31 bits per heavy atom. The third kappa shape index (κ3) is 2.88. The van der Waals surface area contributed by atoms with Crippen LogP contribution in [0, 0.1) is 6.92 Å². The number of rotatable bonds is 3. The van der Waals surface area contributed by atoms with Crippen LogP contribution in [-0.2, 0) is 6.54 Å². The Bertz CT molecular complexity index is 496. The van der Waals surface area contributed by atoms with Gasteiger partial charge in [0.1, 0.15) is 5.01 Å². The molecule has 2 nitrogen and oxygen atoms in total. The number of nitrogens with zero attached hydrogens (tertiary/aromatic N) is 1. The molecule has 0 aliphatic rings. The maximum atomic E-state index is 5.91. The molecule has 84 valence electrons. The smallest absolute Gasteiger partial charge is 0.112 e. The maximum absolute atomic E-state index is 5.91. The molecule has 2 rings (SSSR count). The Morgan fingerprint density at radius 2 is 2.12 bits per heavy atom. The number of benzene rings is 1. The van der Waals surface area contributed by atoms with Crippen LogP contribution in [0.15, 0.2) is 23.6 Å². The molecule has 0 atom stereocenters. The van der Waals surface area contributed by atoms with Gasteiger partial charge in [-0.05, 0) is 25.1 Å². The van der Waals surface area contributed by atoms with Crippen LogP contribution in [0.2, 0.25) is 10.0 Å². The highest BCUT2D eigenvalue weighted by Gasteiger charge is 2.01. The van der Waals surface area contributed by atoms with Gasteiger partial charge in [-0.15, -0.1) is 11.3 Å². The van der Waals surface area contributed by atoms with Crippen molar-refractivity contribution in [2.75, 3.05) is 5.32 Å². The first-order valence-electron chi connectivity index (χ1n) is 4.75. The molecule has 0 saturated heterocycles. The molecule has 0 amide bonds. The molecular formula is C11H10Cl2N2S. The second-order valence-electron chi connectivity index (χ2n) is 3.37. The summed E-state index contributed by atoms with van der Waals surface area (Å²) in [5.41, 5.74) is 2.00. The van der Waals surface area contributed by atoms with Gasteiger partial charge in [0.25, 0.3) is 0 Å². The van der Waals surface area contributed by atoms with Gasteiger partial charge in [-0.2, -0.15) is 0 Å². The van der Waals surface area contributed by atoms with Gasteiger partial charge in [0.05, 0.1) is 16.6 Å². The van der Waals surface area contributed by atoms with E-state index < -0.39 is 0 Å². The van der Waals surface area contributed by atoms with Crippen LogP contribution in [0.25, 0.3) is 0 Å². The summed E-state index contributed by atoms with van der Waals surface area (Å²) < 4.78 is 0. The van der Waals surface area contributed by atoms with Gasteiger partial charge in [-0.3, -0.25) is 0 Å². The Labute approximate surface area is 108 Å². The fourth-order valence-corrected chi connectivity index (χ4v) is 2.28. The molecule has 1 aromatic carbocycles. The first kappa shape index (κ1) is 11.7. The van der Waals surface area contributed by atoms with Crippen molar-refractivity contribution in [1.82, 2.24) is 4.98 Å². The van der Waals surface area contributed by atoms with Gasteiger partial charge >= 0.3 is 0 Å². The van der Waals surface area contributed by atoms with Crippen molar-refractivity contribution in [2.24, 2.45) is 0 Å². The van der Waals surface area contributed by atoms with Crippen LogP contribution in [-0.4, -0.2) is 4.98 Å². The van der Waals surface area contributed by atoms with E-state index in [1.807, 2.05) is 24.4 Å². The predicted molar refractivity (Wildman–Crippen MR) is 70.6 cm³/mol. The number of halogens is 2. The lowest BCUT2D eigenvalue weighted by Crippen LogP contribution is -1.98. The summed E-state index contributed by atoms with van der Waals surface area (Å²) in [5, 5.41) is 7.46. The number of hydrogen-bond acceptors (Lipinski definition) is 3. The van der Waals surface area contributed by atoms with E-state index in [0.29, 0.717) is 16.6 Å². The quantitative estimate of drug-likeness (QED) is 0.898. The van der Waals surface area contributed by atoms with Crippen LogP contribution < -0.4 is 5.32 Å². The second kappa shape index (κ2) is 5.04. The van der Waals surface area contributed by atoms with Crippen LogP contribution in [0.4, 0.5) is 5.69 Å². The SMILES string of the molecule is Cc1csc(CNc2ccc(Cl)c(Cl)c2)n1. The molecule has 0 aliphatic carbocycles. The van der Waals surface area contributed by atoms with Crippen LogP contribution in [0.3, 0.4) is 0 Å². The summed E-state index contributed by atoms with van der Waals surface area (Å²) >= 11 is 13.4. The molecule has 0 aliphatic heterocycles. The lowest BCUT2D eigenvalue weighted by atomic mass is 10.3. The standard InChI is InChI=1S/C11H10Cl2N2S/c1-7-6-16-11(15-7)5-14-8-2-3-9(12)10(13)4-8/h2-4,6,14H,5H2,1H3. The average molecular weight is 273 g/mol. The van der Waals surface area contributed by atoms with Crippen molar-refractivity contribution in [3.05, 3.63) is 44.3 Å². The van der Waals surface area contributed by atoms with Crippen molar-refractivity contribution in [2.45, 2.75) is 13.5 Å².